The van der Waals surface area contributed by atoms with Gasteiger partial charge < -0.3 is 9.84 Å². The number of carbonyl (C=O) groups excluding carboxylic acids is 1. The molecule has 0 spiro atoms. The second kappa shape index (κ2) is 6.04. The van der Waals surface area contributed by atoms with Crippen LogP contribution in [0.15, 0.2) is 47.5 Å². The van der Waals surface area contributed by atoms with E-state index in [1.54, 1.807) is 19.1 Å². The van der Waals surface area contributed by atoms with Crippen LogP contribution in [0.5, 0.6) is 0 Å². The molecule has 5 nitrogen and oxygen atoms in total. The first-order valence-corrected chi connectivity index (χ1v) is 7.33. The molecule has 0 saturated carbocycles. The van der Waals surface area contributed by atoms with Gasteiger partial charge in [-0.05, 0) is 19.9 Å². The summed E-state index contributed by atoms with van der Waals surface area (Å²) in [5.74, 6) is -0.197. The fraction of sp³-hybridized carbons (Fsp3) is 0.167. The molecule has 116 valence electrons. The van der Waals surface area contributed by atoms with Crippen LogP contribution in [0.1, 0.15) is 21.6 Å². The van der Waals surface area contributed by atoms with E-state index < -0.39 is 0 Å². The lowest BCUT2D eigenvalue weighted by Gasteiger charge is -2.07. The molecule has 1 N–H and O–H groups in total. The van der Waals surface area contributed by atoms with Crippen molar-refractivity contribution >= 4 is 17.0 Å². The number of carbonyl (C=O) groups is 1. The second-order valence-electron chi connectivity index (χ2n) is 5.37. The van der Waals surface area contributed by atoms with Crippen LogP contribution in [-0.2, 0) is 0 Å². The highest BCUT2D eigenvalue weighted by molar-refractivity contribution is 6.07. The van der Waals surface area contributed by atoms with E-state index in [0.717, 1.165) is 11.1 Å². The fourth-order valence-corrected chi connectivity index (χ4v) is 2.41. The Balaban J connectivity index is 2.16. The van der Waals surface area contributed by atoms with Gasteiger partial charge in [0.15, 0.2) is 0 Å². The van der Waals surface area contributed by atoms with Crippen LogP contribution in [-0.4, -0.2) is 22.6 Å². The van der Waals surface area contributed by atoms with Crippen LogP contribution in [0.4, 0.5) is 0 Å². The predicted octanol–water partition coefficient (Wildman–Crippen LogP) is 3.42. The summed E-state index contributed by atoms with van der Waals surface area (Å²) in [6.07, 6.45) is 1.64. The third-order valence-electron chi connectivity index (χ3n) is 3.62. The van der Waals surface area contributed by atoms with E-state index in [4.69, 9.17) is 4.52 Å². The lowest BCUT2D eigenvalue weighted by atomic mass is 10.0. The molecular formula is C18H17N3O2. The Morgan fingerprint density at radius 2 is 2.04 bits per heavy atom. The normalized spacial score (nSPS) is 10.7. The summed E-state index contributed by atoms with van der Waals surface area (Å²) in [5.41, 5.74) is 4.28. The van der Waals surface area contributed by atoms with Gasteiger partial charge in [0, 0.05) is 12.1 Å². The van der Waals surface area contributed by atoms with Crippen molar-refractivity contribution in [1.82, 2.24) is 15.5 Å². The molecule has 0 aliphatic rings. The van der Waals surface area contributed by atoms with Crippen molar-refractivity contribution in [3.8, 4) is 11.3 Å². The number of nitrogens with one attached hydrogen (secondary N) is 1. The van der Waals surface area contributed by atoms with E-state index >= 15 is 0 Å². The van der Waals surface area contributed by atoms with E-state index in [1.165, 1.54) is 0 Å². The largest absolute Gasteiger partial charge is 0.349 e. The standard InChI is InChI=1S/C18H17N3O2/c1-4-9-19-17(22)14-10-15(13-7-5-11(2)6-8-13)20-18-16(14)12(3)21-23-18/h4-8,10H,1,9H2,2-3H3,(H,19,22). The van der Waals surface area contributed by atoms with Crippen LogP contribution >= 0.6 is 0 Å². The number of pyridine rings is 1. The molecule has 1 amide bonds. The van der Waals surface area contributed by atoms with E-state index in [2.05, 4.69) is 22.0 Å². The van der Waals surface area contributed by atoms with Gasteiger partial charge in [0.1, 0.15) is 0 Å². The quantitative estimate of drug-likeness (QED) is 0.750. The zero-order chi connectivity index (χ0) is 16.4. The van der Waals surface area contributed by atoms with E-state index in [9.17, 15) is 4.79 Å². The first kappa shape index (κ1) is 15.0. The maximum Gasteiger partial charge on any atom is 0.259 e. The van der Waals surface area contributed by atoms with Crippen molar-refractivity contribution in [2.45, 2.75) is 13.8 Å². The number of hydrogen-bond donors (Lipinski definition) is 1. The van der Waals surface area contributed by atoms with Crippen LogP contribution in [0, 0.1) is 13.8 Å². The second-order valence-corrected chi connectivity index (χ2v) is 5.37. The number of nitrogens with zero attached hydrogens (tertiary/aromatic N) is 2. The van der Waals surface area contributed by atoms with Gasteiger partial charge in [0.25, 0.3) is 11.6 Å². The van der Waals surface area contributed by atoms with Gasteiger partial charge in [0.2, 0.25) is 0 Å². The topological polar surface area (TPSA) is 68.0 Å². The van der Waals surface area contributed by atoms with Gasteiger partial charge in [-0.2, -0.15) is 0 Å². The van der Waals surface area contributed by atoms with Crippen LogP contribution < -0.4 is 5.32 Å². The minimum atomic E-state index is -0.197. The van der Waals surface area contributed by atoms with Crippen molar-refractivity contribution < 1.29 is 9.32 Å². The lowest BCUT2D eigenvalue weighted by molar-refractivity contribution is 0.0959. The molecule has 0 aliphatic heterocycles. The van der Waals surface area contributed by atoms with E-state index in [1.807, 2.05) is 31.2 Å². The zero-order valence-corrected chi connectivity index (χ0v) is 13.1. The summed E-state index contributed by atoms with van der Waals surface area (Å²) in [5, 5.41) is 7.36. The van der Waals surface area contributed by atoms with Gasteiger partial charge >= 0.3 is 0 Å². The van der Waals surface area contributed by atoms with Gasteiger partial charge in [-0.3, -0.25) is 4.79 Å². The van der Waals surface area contributed by atoms with Crippen LogP contribution in [0.2, 0.25) is 0 Å². The summed E-state index contributed by atoms with van der Waals surface area (Å²) < 4.78 is 5.27. The lowest BCUT2D eigenvalue weighted by Crippen LogP contribution is -2.23. The Hall–Kier alpha value is -2.95. The highest BCUT2D eigenvalue weighted by Crippen LogP contribution is 2.27. The summed E-state index contributed by atoms with van der Waals surface area (Å²) in [6, 6.07) is 9.72. The number of benzene rings is 1. The third kappa shape index (κ3) is 2.85. The number of aryl methyl sites for hydroxylation is 2. The number of amides is 1. The Labute approximate surface area is 134 Å². The number of fused-ring (bicyclic) bond motifs is 1. The van der Waals surface area contributed by atoms with Gasteiger partial charge in [0.05, 0.1) is 22.3 Å². The number of rotatable bonds is 4. The highest BCUT2D eigenvalue weighted by Gasteiger charge is 2.18. The van der Waals surface area contributed by atoms with Crippen molar-refractivity contribution in [3.05, 3.63) is 59.8 Å². The molecule has 0 saturated heterocycles. The molecule has 3 aromatic rings. The minimum absolute atomic E-state index is 0.197. The molecule has 0 radical (unpaired) electrons. The Morgan fingerprint density at radius 1 is 1.30 bits per heavy atom. The molecule has 0 atom stereocenters. The van der Waals surface area contributed by atoms with Crippen molar-refractivity contribution in [2.75, 3.05) is 6.54 Å². The third-order valence-corrected chi connectivity index (χ3v) is 3.62. The first-order valence-electron chi connectivity index (χ1n) is 7.33. The number of aromatic nitrogens is 2. The van der Waals surface area contributed by atoms with Crippen molar-refractivity contribution in [1.29, 1.82) is 0 Å². The molecule has 23 heavy (non-hydrogen) atoms. The predicted molar refractivity (Wildman–Crippen MR) is 89.2 cm³/mol. The smallest absolute Gasteiger partial charge is 0.259 e. The molecular weight excluding hydrogens is 290 g/mol. The summed E-state index contributed by atoms with van der Waals surface area (Å²) in [6.45, 7) is 7.82. The monoisotopic (exact) mass is 307 g/mol. The Kier molecular flexibility index (Phi) is 3.93. The SMILES string of the molecule is C=CCNC(=O)c1cc(-c2ccc(C)cc2)nc2onc(C)c12. The van der Waals surface area contributed by atoms with E-state index in [-0.39, 0.29) is 5.91 Å². The molecule has 0 bridgehead atoms. The maximum atomic E-state index is 12.4. The first-order chi connectivity index (χ1) is 11.1. The van der Waals surface area contributed by atoms with Crippen molar-refractivity contribution in [2.24, 2.45) is 0 Å². The summed E-state index contributed by atoms with van der Waals surface area (Å²) in [7, 11) is 0. The molecule has 0 aliphatic carbocycles. The average molecular weight is 307 g/mol. The molecule has 5 heteroatoms. The zero-order valence-electron chi connectivity index (χ0n) is 13.1. The highest BCUT2D eigenvalue weighted by atomic mass is 16.5. The van der Waals surface area contributed by atoms with Gasteiger partial charge in [-0.15, -0.1) is 6.58 Å². The number of hydrogen-bond acceptors (Lipinski definition) is 4. The van der Waals surface area contributed by atoms with Crippen LogP contribution in [0.25, 0.3) is 22.4 Å². The maximum absolute atomic E-state index is 12.4. The molecule has 3 rings (SSSR count). The Morgan fingerprint density at radius 3 is 2.74 bits per heavy atom. The fourth-order valence-electron chi connectivity index (χ4n) is 2.41. The molecule has 2 heterocycles. The van der Waals surface area contributed by atoms with Crippen molar-refractivity contribution in [3.63, 3.8) is 0 Å². The molecule has 0 fully saturated rings. The Bertz CT molecular complexity index is 879. The van der Waals surface area contributed by atoms with Crippen LogP contribution in [0.3, 0.4) is 0 Å². The van der Waals surface area contributed by atoms with E-state index in [0.29, 0.717) is 34.6 Å². The summed E-state index contributed by atoms with van der Waals surface area (Å²) >= 11 is 0. The van der Waals surface area contributed by atoms with Gasteiger partial charge in [-0.25, -0.2) is 4.98 Å². The average Bonchev–Trinajstić information content (AvgIpc) is 2.94. The van der Waals surface area contributed by atoms with Gasteiger partial charge in [-0.1, -0.05) is 41.1 Å². The molecule has 1 aromatic carbocycles. The minimum Gasteiger partial charge on any atom is -0.349 e. The molecule has 2 aromatic heterocycles. The molecule has 0 unspecified atom stereocenters. The summed E-state index contributed by atoms with van der Waals surface area (Å²) in [4.78, 5) is 16.9.